The van der Waals surface area contributed by atoms with Crippen molar-refractivity contribution in [1.29, 1.82) is 0 Å². The fourth-order valence-corrected chi connectivity index (χ4v) is 4.18. The van der Waals surface area contributed by atoms with Gasteiger partial charge in [-0.3, -0.25) is 9.59 Å². The Balaban J connectivity index is 1.68. The monoisotopic (exact) mass is 414 g/mol. The summed E-state index contributed by atoms with van der Waals surface area (Å²) >= 11 is 0. The second kappa shape index (κ2) is 9.14. The van der Waals surface area contributed by atoms with E-state index in [4.69, 9.17) is 10.5 Å². The minimum atomic E-state index is -0.346. The lowest BCUT2D eigenvalue weighted by Gasteiger charge is -2.15. The highest BCUT2D eigenvalue weighted by atomic mass is 16.5. The molecule has 1 amide bonds. The number of amides is 1. The predicted molar refractivity (Wildman–Crippen MR) is 122 cm³/mol. The SMILES string of the molecule is COC(=O)Cc1ccccc1NC(=O)c1cc2c(c(-c3cccc(CN)c3)c1)CCC2. The van der Waals surface area contributed by atoms with Crippen LogP contribution in [0.4, 0.5) is 5.69 Å². The molecule has 31 heavy (non-hydrogen) atoms. The van der Waals surface area contributed by atoms with Crippen LogP contribution >= 0.6 is 0 Å². The van der Waals surface area contributed by atoms with Gasteiger partial charge in [-0.15, -0.1) is 0 Å². The third-order valence-corrected chi connectivity index (χ3v) is 5.78. The first-order valence-electron chi connectivity index (χ1n) is 10.5. The molecule has 0 unspecified atom stereocenters. The molecule has 0 saturated carbocycles. The third-order valence-electron chi connectivity index (χ3n) is 5.78. The molecule has 0 saturated heterocycles. The van der Waals surface area contributed by atoms with Crippen molar-refractivity contribution in [2.24, 2.45) is 5.73 Å². The number of carbonyl (C=O) groups excluding carboxylic acids is 2. The Morgan fingerprint density at radius 3 is 2.68 bits per heavy atom. The summed E-state index contributed by atoms with van der Waals surface area (Å²) in [6, 6.07) is 19.5. The number of methoxy groups -OCH3 is 1. The Kier molecular flexibility index (Phi) is 6.14. The van der Waals surface area contributed by atoms with Crippen LogP contribution in [0.1, 0.15) is 39.0 Å². The van der Waals surface area contributed by atoms with Crippen LogP contribution in [0.25, 0.3) is 11.1 Å². The number of para-hydroxylation sites is 1. The number of esters is 1. The first-order valence-corrected chi connectivity index (χ1v) is 10.5. The number of hydrogen-bond acceptors (Lipinski definition) is 4. The van der Waals surface area contributed by atoms with Gasteiger partial charge in [0.05, 0.1) is 13.5 Å². The van der Waals surface area contributed by atoms with E-state index in [0.29, 0.717) is 17.8 Å². The van der Waals surface area contributed by atoms with Gasteiger partial charge in [0.1, 0.15) is 0 Å². The van der Waals surface area contributed by atoms with E-state index < -0.39 is 0 Å². The van der Waals surface area contributed by atoms with Gasteiger partial charge < -0.3 is 15.8 Å². The maximum Gasteiger partial charge on any atom is 0.310 e. The lowest BCUT2D eigenvalue weighted by Crippen LogP contribution is -2.15. The molecule has 0 radical (unpaired) electrons. The number of ether oxygens (including phenoxy) is 1. The van der Waals surface area contributed by atoms with E-state index in [0.717, 1.165) is 41.5 Å². The van der Waals surface area contributed by atoms with Crippen LogP contribution in [0, 0.1) is 0 Å². The molecular weight excluding hydrogens is 388 g/mol. The average molecular weight is 415 g/mol. The molecule has 158 valence electrons. The summed E-state index contributed by atoms with van der Waals surface area (Å²) in [5.41, 5.74) is 13.6. The van der Waals surface area contributed by atoms with Crippen molar-refractivity contribution in [1.82, 2.24) is 0 Å². The number of nitrogens with two attached hydrogens (primary N) is 1. The molecule has 0 aliphatic heterocycles. The zero-order valence-corrected chi connectivity index (χ0v) is 17.6. The van der Waals surface area contributed by atoms with E-state index in [-0.39, 0.29) is 18.3 Å². The molecule has 0 aromatic heterocycles. The van der Waals surface area contributed by atoms with E-state index >= 15 is 0 Å². The standard InChI is InChI=1S/C26H26N2O3/c1-31-25(29)15-20-7-2-3-11-24(20)28-26(30)21-13-19-9-5-10-22(19)23(14-21)18-8-4-6-17(12-18)16-27/h2-4,6-8,11-14H,5,9-10,15-16,27H2,1H3,(H,28,30). The largest absolute Gasteiger partial charge is 0.469 e. The molecular formula is C26H26N2O3. The molecule has 3 aromatic rings. The summed E-state index contributed by atoms with van der Waals surface area (Å²) in [6.07, 6.45) is 3.18. The molecule has 0 spiro atoms. The van der Waals surface area contributed by atoms with Gasteiger partial charge in [0.2, 0.25) is 0 Å². The number of carbonyl (C=O) groups is 2. The van der Waals surface area contributed by atoms with Crippen LogP contribution in [0.15, 0.2) is 60.7 Å². The van der Waals surface area contributed by atoms with Gasteiger partial charge in [-0.05, 0) is 76.9 Å². The second-order valence-electron chi connectivity index (χ2n) is 7.78. The van der Waals surface area contributed by atoms with Gasteiger partial charge in [0.15, 0.2) is 0 Å². The van der Waals surface area contributed by atoms with Crippen LogP contribution in [0.3, 0.4) is 0 Å². The number of hydrogen-bond donors (Lipinski definition) is 2. The molecule has 3 N–H and O–H groups in total. The normalized spacial score (nSPS) is 12.3. The van der Waals surface area contributed by atoms with Crippen LogP contribution in [0.5, 0.6) is 0 Å². The average Bonchev–Trinajstić information content (AvgIpc) is 3.28. The Morgan fingerprint density at radius 1 is 1.03 bits per heavy atom. The molecule has 0 heterocycles. The van der Waals surface area contributed by atoms with Crippen molar-refractivity contribution in [3.8, 4) is 11.1 Å². The highest BCUT2D eigenvalue weighted by molar-refractivity contribution is 6.06. The van der Waals surface area contributed by atoms with Crippen molar-refractivity contribution in [3.63, 3.8) is 0 Å². The summed E-state index contributed by atoms with van der Waals surface area (Å²) in [4.78, 5) is 24.9. The van der Waals surface area contributed by atoms with Crippen LogP contribution in [-0.2, 0) is 35.3 Å². The van der Waals surface area contributed by atoms with Gasteiger partial charge >= 0.3 is 5.97 Å². The Bertz CT molecular complexity index is 1140. The van der Waals surface area contributed by atoms with Crippen molar-refractivity contribution >= 4 is 17.6 Å². The third kappa shape index (κ3) is 4.52. The van der Waals surface area contributed by atoms with Gasteiger partial charge in [-0.2, -0.15) is 0 Å². The van der Waals surface area contributed by atoms with Crippen molar-refractivity contribution in [2.45, 2.75) is 32.2 Å². The number of aryl methyl sites for hydroxylation is 1. The molecule has 0 bridgehead atoms. The second-order valence-corrected chi connectivity index (χ2v) is 7.78. The Morgan fingerprint density at radius 2 is 1.87 bits per heavy atom. The maximum absolute atomic E-state index is 13.2. The van der Waals surface area contributed by atoms with E-state index in [9.17, 15) is 9.59 Å². The van der Waals surface area contributed by atoms with Crippen molar-refractivity contribution in [3.05, 3.63) is 88.5 Å². The molecule has 5 nitrogen and oxygen atoms in total. The zero-order chi connectivity index (χ0) is 21.8. The molecule has 4 rings (SSSR count). The predicted octanol–water partition coefficient (Wildman–Crippen LogP) is 4.27. The lowest BCUT2D eigenvalue weighted by atomic mass is 9.93. The van der Waals surface area contributed by atoms with Gasteiger partial charge in [-0.25, -0.2) is 0 Å². The maximum atomic E-state index is 13.2. The Labute approximate surface area is 182 Å². The molecule has 0 fully saturated rings. The van der Waals surface area contributed by atoms with E-state index in [1.54, 1.807) is 6.07 Å². The summed E-state index contributed by atoms with van der Waals surface area (Å²) < 4.78 is 4.77. The number of fused-ring (bicyclic) bond motifs is 1. The number of benzene rings is 3. The molecule has 1 aliphatic carbocycles. The van der Waals surface area contributed by atoms with E-state index in [1.807, 2.05) is 42.5 Å². The fourth-order valence-electron chi connectivity index (χ4n) is 4.18. The highest BCUT2D eigenvalue weighted by Gasteiger charge is 2.20. The first kappa shape index (κ1) is 20.8. The molecule has 3 aromatic carbocycles. The minimum Gasteiger partial charge on any atom is -0.469 e. The smallest absolute Gasteiger partial charge is 0.310 e. The van der Waals surface area contributed by atoms with Crippen LogP contribution in [0.2, 0.25) is 0 Å². The van der Waals surface area contributed by atoms with E-state index in [1.165, 1.54) is 18.2 Å². The Hall–Kier alpha value is -3.44. The molecule has 0 atom stereocenters. The number of nitrogens with one attached hydrogen (secondary N) is 1. The van der Waals surface area contributed by atoms with Gasteiger partial charge in [-0.1, -0.05) is 36.4 Å². The number of anilines is 1. The summed E-state index contributed by atoms with van der Waals surface area (Å²) in [7, 11) is 1.36. The lowest BCUT2D eigenvalue weighted by molar-refractivity contribution is -0.139. The highest BCUT2D eigenvalue weighted by Crippen LogP contribution is 2.34. The molecule has 1 aliphatic rings. The fraction of sp³-hybridized carbons (Fsp3) is 0.231. The minimum absolute atomic E-state index is 0.105. The summed E-state index contributed by atoms with van der Waals surface area (Å²) in [5.74, 6) is -0.537. The van der Waals surface area contributed by atoms with Crippen molar-refractivity contribution in [2.75, 3.05) is 12.4 Å². The van der Waals surface area contributed by atoms with Crippen molar-refractivity contribution < 1.29 is 14.3 Å². The summed E-state index contributed by atoms with van der Waals surface area (Å²) in [6.45, 7) is 0.479. The zero-order valence-electron chi connectivity index (χ0n) is 17.6. The van der Waals surface area contributed by atoms with Crippen LogP contribution < -0.4 is 11.1 Å². The number of rotatable bonds is 6. The van der Waals surface area contributed by atoms with E-state index in [2.05, 4.69) is 17.4 Å². The van der Waals surface area contributed by atoms with Crippen LogP contribution in [-0.4, -0.2) is 19.0 Å². The quantitative estimate of drug-likeness (QED) is 0.590. The molecule has 5 heteroatoms. The van der Waals surface area contributed by atoms with Gasteiger partial charge in [0.25, 0.3) is 5.91 Å². The van der Waals surface area contributed by atoms with Gasteiger partial charge in [0, 0.05) is 17.8 Å². The topological polar surface area (TPSA) is 81.4 Å². The first-order chi connectivity index (χ1) is 15.1. The summed E-state index contributed by atoms with van der Waals surface area (Å²) in [5, 5.41) is 2.98.